The van der Waals surface area contributed by atoms with Crippen molar-refractivity contribution in [2.24, 2.45) is 59.2 Å². The van der Waals surface area contributed by atoms with E-state index < -0.39 is 0 Å². The fourth-order valence-electron chi connectivity index (χ4n) is 20.5. The number of hydrogen-bond acceptors (Lipinski definition) is 8. The van der Waals surface area contributed by atoms with Crippen LogP contribution in [0.15, 0.2) is 31.3 Å². The fraction of sp³-hybridized carbons (Fsp3) is 0.848. The quantitative estimate of drug-likeness (QED) is 0.0400. The van der Waals surface area contributed by atoms with Gasteiger partial charge in [0.15, 0.2) is 0 Å². The molecule has 0 radical (unpaired) electrons. The van der Waals surface area contributed by atoms with Crippen molar-refractivity contribution in [2.45, 2.75) is 427 Å². The predicted molar refractivity (Wildman–Crippen MR) is 435 cm³/mol. The van der Waals surface area contributed by atoms with Crippen LogP contribution in [0.3, 0.4) is 0 Å². The summed E-state index contributed by atoms with van der Waals surface area (Å²) in [5.74, 6) is 6.47. The fourth-order valence-corrected chi connectivity index (χ4v) is 20.5. The Bertz CT molecular complexity index is 3050. The zero-order valence-corrected chi connectivity index (χ0v) is 67.8. The number of hydrogen-bond donors (Lipinski definition) is 0. The minimum absolute atomic E-state index is 0.00843. The van der Waals surface area contributed by atoms with Gasteiger partial charge in [-0.05, 0) is 137 Å². The lowest BCUT2D eigenvalue weighted by Crippen LogP contribution is -2.35. The van der Waals surface area contributed by atoms with Gasteiger partial charge in [-0.3, -0.25) is 57.3 Å². The van der Waals surface area contributed by atoms with E-state index in [1.807, 2.05) is 13.8 Å². The Balaban J connectivity index is 0.843. The third-order valence-corrected chi connectivity index (χ3v) is 26.7. The number of nitrogens with zero attached hydrogens (tertiary/aromatic N) is 4. The summed E-state index contributed by atoms with van der Waals surface area (Å²) in [5, 5.41) is 1.03. The zero-order chi connectivity index (χ0) is 74.3. The summed E-state index contributed by atoms with van der Waals surface area (Å²) >= 11 is 0. The Labute approximate surface area is 632 Å². The highest BCUT2D eigenvalue weighted by Crippen LogP contribution is 2.50. The van der Waals surface area contributed by atoms with E-state index in [1.165, 1.54) is 301 Å². The topological polar surface area (TPSA) is 153 Å². The minimum Gasteiger partial charge on any atom is -0.282 e. The Kier molecular flexibility index (Phi) is 41.6. The molecule has 0 spiro atoms. The van der Waals surface area contributed by atoms with Crippen molar-refractivity contribution in [2.75, 3.05) is 13.1 Å². The molecule has 4 aliphatic rings. The molecule has 12 heteroatoms. The molecular weight excluding hydrogens is 1290 g/mol. The Morgan fingerprint density at radius 3 is 0.692 bits per heavy atom. The lowest BCUT2D eigenvalue weighted by atomic mass is 9.61. The highest BCUT2D eigenvalue weighted by molar-refractivity contribution is 6.04. The lowest BCUT2D eigenvalue weighted by Gasteiger charge is -2.44. The van der Waals surface area contributed by atoms with Crippen LogP contribution in [-0.4, -0.2) is 55.7 Å². The van der Waals surface area contributed by atoms with E-state index in [9.17, 15) is 38.4 Å². The van der Waals surface area contributed by atoms with Crippen LogP contribution in [0.1, 0.15) is 414 Å². The van der Waals surface area contributed by atoms with Crippen molar-refractivity contribution in [3.05, 3.63) is 53.5 Å². The van der Waals surface area contributed by atoms with Gasteiger partial charge in [0.05, 0.1) is 21.5 Å². The number of amides is 4. The van der Waals surface area contributed by atoms with Gasteiger partial charge in [-0.1, -0.05) is 324 Å². The van der Waals surface area contributed by atoms with E-state index in [4.69, 9.17) is 0 Å². The molecule has 1 aromatic carbocycles. The molecular formula is C92H154N4O8. The second kappa shape index (κ2) is 49.8. The smallest absolute Gasteiger partial charge is 0.261 e. The molecule has 104 heavy (non-hydrogen) atoms. The molecule has 4 fully saturated rings. The molecule has 2 aliphatic carbocycles. The van der Waals surface area contributed by atoms with Crippen molar-refractivity contribution in [3.63, 3.8) is 0 Å². The minimum atomic E-state index is -0.344. The second-order valence-corrected chi connectivity index (χ2v) is 34.7. The van der Waals surface area contributed by atoms with Gasteiger partial charge in [-0.15, -0.1) is 0 Å². The van der Waals surface area contributed by atoms with E-state index in [0.29, 0.717) is 39.0 Å². The van der Waals surface area contributed by atoms with Gasteiger partial charge in [0.1, 0.15) is 0 Å². The molecule has 12 nitrogen and oxygen atoms in total. The molecule has 2 saturated carbocycles. The van der Waals surface area contributed by atoms with E-state index in [0.717, 1.165) is 124 Å². The third kappa shape index (κ3) is 27.7. The van der Waals surface area contributed by atoms with Crippen molar-refractivity contribution in [1.29, 1.82) is 0 Å². The number of aromatic nitrogens is 2. The third-order valence-electron chi connectivity index (χ3n) is 26.7. The van der Waals surface area contributed by atoms with Gasteiger partial charge < -0.3 is 0 Å². The van der Waals surface area contributed by atoms with Gasteiger partial charge in [-0.2, -0.15) is 0 Å². The average Bonchev–Trinajstić information content (AvgIpc) is 1.59. The maximum atomic E-state index is 13.9. The first-order valence-electron chi connectivity index (χ1n) is 45.3. The lowest BCUT2D eigenvalue weighted by molar-refractivity contribution is -0.140. The molecule has 0 N–H and O–H groups in total. The van der Waals surface area contributed by atoms with E-state index in [2.05, 4.69) is 27.7 Å². The molecule has 4 amide bonds. The Hall–Kier alpha value is -4.22. The monoisotopic (exact) mass is 1440 g/mol. The van der Waals surface area contributed by atoms with Crippen molar-refractivity contribution in [1.82, 2.24) is 18.9 Å². The van der Waals surface area contributed by atoms with Crippen LogP contribution >= 0.6 is 0 Å². The number of imide groups is 2. The number of carbonyl (C=O) groups is 4. The number of likely N-dealkylation sites (tertiary alicyclic amines) is 2. The molecule has 2 aromatic heterocycles. The molecule has 2 aliphatic heterocycles. The van der Waals surface area contributed by atoms with Crippen LogP contribution < -0.4 is 22.2 Å². The summed E-state index contributed by atoms with van der Waals surface area (Å²) in [5.41, 5.74) is -1.37. The first kappa shape index (κ1) is 87.0. The molecule has 2 saturated heterocycles. The van der Waals surface area contributed by atoms with Crippen LogP contribution in [0.2, 0.25) is 0 Å². The van der Waals surface area contributed by atoms with Gasteiger partial charge in [0.25, 0.3) is 22.2 Å². The summed E-state index contributed by atoms with van der Waals surface area (Å²) in [6.45, 7) is 14.9. The molecule has 4 heterocycles. The van der Waals surface area contributed by atoms with Crippen molar-refractivity contribution in [3.8, 4) is 0 Å². The summed E-state index contributed by atoms with van der Waals surface area (Å²) in [6, 6.07) is 3.09. The van der Waals surface area contributed by atoms with Gasteiger partial charge in [0, 0.05) is 50.9 Å². The zero-order valence-electron chi connectivity index (χ0n) is 67.8. The normalized spacial score (nSPS) is 22.5. The Morgan fingerprint density at radius 1 is 0.260 bits per heavy atom. The standard InChI is InChI=1S/C92H154N4O8/c1-7-11-15-19-31-43-55-77-73(51-39-17-13-9-3)60-62-76(79(77)57-45-33-23-27-36-48-64-94-86(98)68-72(6)88(94)100)54-42-30-22-26-37-49-65-95-89(101)81-69-83-84(70-82(81)90(95)102)92(104)96(91(83)103)66-50-38-28-24-34-46-58-80-75(53-41-29-21-25-35-47-63-93-85(97)67-71(5)87(93)99)61-59-74(52-40-18-14-10-4)78(80)56-44-32-20-16-12-8-2/h69-80H,7-68H2,1-6H3. The van der Waals surface area contributed by atoms with Gasteiger partial charge in [0.2, 0.25) is 23.6 Å². The largest absolute Gasteiger partial charge is 0.282 e. The molecule has 3 aromatic rings. The van der Waals surface area contributed by atoms with Crippen LogP contribution in [-0.2, 0) is 32.3 Å². The Morgan fingerprint density at radius 2 is 0.462 bits per heavy atom. The van der Waals surface area contributed by atoms with Crippen molar-refractivity contribution >= 4 is 45.2 Å². The molecule has 10 atom stereocenters. The second-order valence-electron chi connectivity index (χ2n) is 34.7. The summed E-state index contributed by atoms with van der Waals surface area (Å²) in [4.78, 5) is 108. The van der Waals surface area contributed by atoms with Gasteiger partial charge >= 0.3 is 0 Å². The summed E-state index contributed by atoms with van der Waals surface area (Å²) in [7, 11) is 0. The van der Waals surface area contributed by atoms with E-state index in [-0.39, 0.29) is 79.2 Å². The molecule has 0 bridgehead atoms. The van der Waals surface area contributed by atoms with E-state index >= 15 is 0 Å². The number of fused-ring (bicyclic) bond motifs is 2. The summed E-state index contributed by atoms with van der Waals surface area (Å²) in [6.07, 6.45) is 71.4. The first-order valence-corrected chi connectivity index (χ1v) is 45.3. The molecule has 10 unspecified atom stereocenters. The first-order chi connectivity index (χ1) is 50.7. The summed E-state index contributed by atoms with van der Waals surface area (Å²) < 4.78 is 2.71. The van der Waals surface area contributed by atoms with Gasteiger partial charge in [-0.25, -0.2) is 0 Å². The number of benzene rings is 1. The maximum Gasteiger partial charge on any atom is 0.261 e. The molecule has 7 rings (SSSR count). The van der Waals surface area contributed by atoms with Crippen LogP contribution in [0.4, 0.5) is 0 Å². The molecule has 590 valence electrons. The number of rotatable bonds is 60. The average molecular weight is 1440 g/mol. The maximum absolute atomic E-state index is 13.9. The predicted octanol–water partition coefficient (Wildman–Crippen LogP) is 23.6. The van der Waals surface area contributed by atoms with Crippen molar-refractivity contribution < 1.29 is 19.2 Å². The highest BCUT2D eigenvalue weighted by Gasteiger charge is 2.41. The SMILES string of the molecule is CCCCCCCCC1C(CCCCCC)CCC(CCCCCCCCn2c(=O)c3cc4c(=O)n(CCCCCCCCC5C(CCCCCCCCN6C(=O)CC(C)C6=O)CCC(CCCCCC)C5CCCCCCCC)c(=O)c4cc3c2=O)C1CCCCCCCCN1C(=O)CC(C)C1=O. The van der Waals surface area contributed by atoms with Crippen LogP contribution in [0.25, 0.3) is 21.5 Å². The van der Waals surface area contributed by atoms with Crippen LogP contribution in [0.5, 0.6) is 0 Å². The number of unbranched alkanes of at least 4 members (excludes halogenated alkanes) is 36. The van der Waals surface area contributed by atoms with E-state index in [1.54, 1.807) is 12.1 Å². The van der Waals surface area contributed by atoms with Crippen LogP contribution in [0, 0.1) is 59.2 Å². The highest BCUT2D eigenvalue weighted by atomic mass is 16.2. The number of carbonyl (C=O) groups excluding carboxylic acids is 4.